The summed E-state index contributed by atoms with van der Waals surface area (Å²) in [6.45, 7) is 0. The van der Waals surface area contributed by atoms with E-state index in [1.54, 1.807) is 11.8 Å². The molecular formula is C18H17ClN2O2S2. The first-order chi connectivity index (χ1) is 12.0. The zero-order valence-corrected chi connectivity index (χ0v) is 15.8. The van der Waals surface area contributed by atoms with E-state index in [9.17, 15) is 8.42 Å². The minimum Gasteiger partial charge on any atom is -0.315 e. The van der Waals surface area contributed by atoms with Crippen LogP contribution < -0.4 is 4.90 Å². The number of thioether (sulfide) groups is 1. The Bertz CT molecular complexity index is 898. The maximum Gasteiger partial charge on any atom is 0.164 e. The summed E-state index contributed by atoms with van der Waals surface area (Å²) in [5.41, 5.74) is 2.16. The van der Waals surface area contributed by atoms with Gasteiger partial charge in [-0.05, 0) is 29.8 Å². The molecule has 2 aromatic rings. The van der Waals surface area contributed by atoms with Crippen LogP contribution in [0.3, 0.4) is 0 Å². The Labute approximate surface area is 156 Å². The van der Waals surface area contributed by atoms with E-state index >= 15 is 0 Å². The number of hydrogen-bond donors (Lipinski definition) is 0. The summed E-state index contributed by atoms with van der Waals surface area (Å²) in [5.74, 6) is 1.08. The van der Waals surface area contributed by atoms with Crippen LogP contribution in [-0.4, -0.2) is 37.2 Å². The van der Waals surface area contributed by atoms with Crippen molar-refractivity contribution < 1.29 is 8.42 Å². The number of benzene rings is 2. The van der Waals surface area contributed by atoms with Crippen LogP contribution in [0.5, 0.6) is 0 Å². The van der Waals surface area contributed by atoms with E-state index in [0.29, 0.717) is 0 Å². The average molecular weight is 393 g/mol. The van der Waals surface area contributed by atoms with Crippen molar-refractivity contribution in [3.8, 4) is 0 Å². The molecule has 2 atom stereocenters. The molecule has 1 saturated heterocycles. The molecule has 0 bridgehead atoms. The zero-order chi connectivity index (χ0) is 17.4. The van der Waals surface area contributed by atoms with Crippen molar-refractivity contribution in [1.29, 1.82) is 0 Å². The minimum atomic E-state index is -3.01. The molecule has 25 heavy (non-hydrogen) atoms. The lowest BCUT2D eigenvalue weighted by atomic mass is 10.1. The van der Waals surface area contributed by atoms with Crippen molar-refractivity contribution >= 4 is 44.1 Å². The van der Waals surface area contributed by atoms with Gasteiger partial charge in [0.25, 0.3) is 0 Å². The summed E-state index contributed by atoms with van der Waals surface area (Å²) in [6.07, 6.45) is 0. The molecule has 0 saturated carbocycles. The molecule has 0 radical (unpaired) electrons. The number of fused-ring (bicyclic) bond motifs is 1. The third kappa shape index (κ3) is 3.57. The summed E-state index contributed by atoms with van der Waals surface area (Å²) in [7, 11) is -3.01. The molecule has 0 spiro atoms. The van der Waals surface area contributed by atoms with Crippen LogP contribution in [0.1, 0.15) is 5.56 Å². The second-order valence-electron chi connectivity index (χ2n) is 6.24. The first kappa shape index (κ1) is 16.9. The van der Waals surface area contributed by atoms with Crippen LogP contribution in [0.4, 0.5) is 5.69 Å². The highest BCUT2D eigenvalue weighted by atomic mass is 35.5. The van der Waals surface area contributed by atoms with Crippen molar-refractivity contribution in [3.63, 3.8) is 0 Å². The molecule has 4 rings (SSSR count). The Morgan fingerprint density at radius 3 is 2.52 bits per heavy atom. The summed E-state index contributed by atoms with van der Waals surface area (Å²) in [6, 6.07) is 17.4. The second kappa shape index (κ2) is 6.67. The number of nitrogens with zero attached hydrogens (tertiary/aromatic N) is 2. The van der Waals surface area contributed by atoms with Crippen molar-refractivity contribution in [1.82, 2.24) is 0 Å². The quantitative estimate of drug-likeness (QED) is 0.800. The van der Waals surface area contributed by atoms with E-state index in [4.69, 9.17) is 16.6 Å². The molecule has 0 aromatic heterocycles. The van der Waals surface area contributed by atoms with Crippen LogP contribution in [0.15, 0.2) is 59.6 Å². The van der Waals surface area contributed by atoms with E-state index in [-0.39, 0.29) is 23.6 Å². The molecule has 0 N–H and O–H groups in total. The molecule has 2 heterocycles. The lowest BCUT2D eigenvalue weighted by Crippen LogP contribution is -2.39. The predicted octanol–water partition coefficient (Wildman–Crippen LogP) is 3.62. The van der Waals surface area contributed by atoms with Gasteiger partial charge in [-0.2, -0.15) is 0 Å². The van der Waals surface area contributed by atoms with Gasteiger partial charge in [0.05, 0.1) is 23.6 Å². The van der Waals surface area contributed by atoms with Gasteiger partial charge in [0.15, 0.2) is 15.0 Å². The summed E-state index contributed by atoms with van der Waals surface area (Å²) in [4.78, 5) is 6.83. The van der Waals surface area contributed by atoms with Crippen molar-refractivity contribution in [2.24, 2.45) is 4.99 Å². The van der Waals surface area contributed by atoms with E-state index in [0.717, 1.165) is 27.2 Å². The second-order valence-corrected chi connectivity index (χ2v) is 9.78. The van der Waals surface area contributed by atoms with Gasteiger partial charge in [0, 0.05) is 16.5 Å². The molecule has 130 valence electrons. The number of aliphatic imine (C=N–C) groups is 1. The molecule has 0 unspecified atom stereocenters. The Kier molecular flexibility index (Phi) is 4.52. The maximum atomic E-state index is 12.0. The van der Waals surface area contributed by atoms with E-state index in [2.05, 4.69) is 4.90 Å². The number of halogens is 1. The maximum absolute atomic E-state index is 12.0. The van der Waals surface area contributed by atoms with Gasteiger partial charge in [0.1, 0.15) is 0 Å². The highest BCUT2D eigenvalue weighted by Crippen LogP contribution is 2.35. The Balaban J connectivity index is 1.59. The SMILES string of the molecule is O=S1(=O)C[C@@H]2N=C(SCc3ccc(Cl)cc3)N(c3ccccc3)[C@H]2C1. The average Bonchev–Trinajstić information content (AvgIpc) is 3.06. The van der Waals surface area contributed by atoms with Gasteiger partial charge in [-0.3, -0.25) is 4.99 Å². The molecule has 0 aliphatic carbocycles. The molecule has 7 heteroatoms. The predicted molar refractivity (Wildman–Crippen MR) is 105 cm³/mol. The molecule has 2 aliphatic heterocycles. The van der Waals surface area contributed by atoms with Crippen molar-refractivity contribution in [2.75, 3.05) is 16.4 Å². The monoisotopic (exact) mass is 392 g/mol. The van der Waals surface area contributed by atoms with E-state index in [1.807, 2.05) is 54.6 Å². The highest BCUT2D eigenvalue weighted by molar-refractivity contribution is 8.13. The highest BCUT2D eigenvalue weighted by Gasteiger charge is 2.47. The molecule has 4 nitrogen and oxygen atoms in total. The third-order valence-electron chi connectivity index (χ3n) is 4.42. The van der Waals surface area contributed by atoms with Crippen molar-refractivity contribution in [3.05, 3.63) is 65.2 Å². The Hall–Kier alpha value is -1.50. The minimum absolute atomic E-state index is 0.0971. The van der Waals surface area contributed by atoms with Crippen LogP contribution in [-0.2, 0) is 15.6 Å². The number of sulfone groups is 1. The van der Waals surface area contributed by atoms with Gasteiger partial charge in [-0.25, -0.2) is 8.42 Å². The fraction of sp³-hybridized carbons (Fsp3) is 0.278. The molecule has 2 aromatic carbocycles. The molecular weight excluding hydrogens is 376 g/mol. The molecule has 2 aliphatic rings. The summed E-state index contributed by atoms with van der Waals surface area (Å²) >= 11 is 7.58. The zero-order valence-electron chi connectivity index (χ0n) is 13.4. The molecule has 0 amide bonds. The van der Waals surface area contributed by atoms with Crippen LogP contribution >= 0.6 is 23.4 Å². The van der Waals surface area contributed by atoms with Gasteiger partial charge in [-0.15, -0.1) is 0 Å². The number of hydrogen-bond acceptors (Lipinski definition) is 5. The standard InChI is InChI=1S/C18H17ClN2O2S2/c19-14-8-6-13(7-9-14)10-24-18-20-16-11-25(22,23)12-17(16)21(18)15-4-2-1-3-5-15/h1-9,16-17H,10-12H2/t16-,17-/m0/s1. The number of para-hydroxylation sites is 1. The largest absolute Gasteiger partial charge is 0.315 e. The molecule has 1 fully saturated rings. The normalized spacial score (nSPS) is 24.2. The van der Waals surface area contributed by atoms with Crippen molar-refractivity contribution in [2.45, 2.75) is 17.8 Å². The Morgan fingerprint density at radius 1 is 1.08 bits per heavy atom. The Morgan fingerprint density at radius 2 is 1.80 bits per heavy atom. The number of amidine groups is 1. The smallest absolute Gasteiger partial charge is 0.164 e. The first-order valence-electron chi connectivity index (χ1n) is 8.02. The van der Waals surface area contributed by atoms with Gasteiger partial charge < -0.3 is 4.90 Å². The lowest BCUT2D eigenvalue weighted by molar-refractivity contribution is 0.601. The van der Waals surface area contributed by atoms with E-state index in [1.165, 1.54) is 0 Å². The third-order valence-corrected chi connectivity index (χ3v) is 7.41. The number of rotatable bonds is 3. The summed E-state index contributed by atoms with van der Waals surface area (Å²) in [5, 5.41) is 1.61. The fourth-order valence-electron chi connectivity index (χ4n) is 3.25. The van der Waals surface area contributed by atoms with Crippen LogP contribution in [0.2, 0.25) is 5.02 Å². The summed E-state index contributed by atoms with van der Waals surface area (Å²) < 4.78 is 24.0. The van der Waals surface area contributed by atoms with Gasteiger partial charge >= 0.3 is 0 Å². The number of anilines is 1. The van der Waals surface area contributed by atoms with Gasteiger partial charge in [0.2, 0.25) is 0 Å². The van der Waals surface area contributed by atoms with E-state index < -0.39 is 9.84 Å². The fourth-order valence-corrected chi connectivity index (χ4v) is 6.30. The van der Waals surface area contributed by atoms with Crippen LogP contribution in [0.25, 0.3) is 0 Å². The van der Waals surface area contributed by atoms with Gasteiger partial charge in [-0.1, -0.05) is 53.7 Å². The lowest BCUT2D eigenvalue weighted by Gasteiger charge is -2.26. The first-order valence-corrected chi connectivity index (χ1v) is 11.2. The topological polar surface area (TPSA) is 49.7 Å². The van der Waals surface area contributed by atoms with Crippen LogP contribution in [0, 0.1) is 0 Å².